The molecule has 2 rings (SSSR count). The Morgan fingerprint density at radius 3 is 2.94 bits per heavy atom. The highest BCUT2D eigenvalue weighted by Crippen LogP contribution is 2.28. The number of alkyl halides is 1. The van der Waals surface area contributed by atoms with Gasteiger partial charge in [-0.2, -0.15) is 5.10 Å². The van der Waals surface area contributed by atoms with Crippen LogP contribution in [0.4, 0.5) is 0 Å². The molecule has 1 heterocycles. The smallest absolute Gasteiger partial charge is 0.138 e. The molecule has 1 aliphatic carbocycles. The van der Waals surface area contributed by atoms with Crippen molar-refractivity contribution in [3.63, 3.8) is 0 Å². The third kappa shape index (κ3) is 3.98. The van der Waals surface area contributed by atoms with Gasteiger partial charge in [-0.3, -0.25) is 0 Å². The van der Waals surface area contributed by atoms with Crippen molar-refractivity contribution >= 4 is 11.6 Å². The van der Waals surface area contributed by atoms with E-state index in [2.05, 4.69) is 28.6 Å². The van der Waals surface area contributed by atoms with E-state index in [1.807, 2.05) is 0 Å². The second-order valence-electron chi connectivity index (χ2n) is 5.94. The fourth-order valence-corrected chi connectivity index (χ4v) is 3.19. The largest absolute Gasteiger partial charge is 0.250 e. The molecule has 0 spiro atoms. The Morgan fingerprint density at radius 1 is 1.39 bits per heavy atom. The number of aromatic nitrogens is 3. The average Bonchev–Trinajstić information content (AvgIpc) is 2.59. The summed E-state index contributed by atoms with van der Waals surface area (Å²) in [6.07, 6.45) is 8.92. The summed E-state index contributed by atoms with van der Waals surface area (Å²) in [5, 5.41) is 4.70. The maximum absolute atomic E-state index is 6.34. The Labute approximate surface area is 115 Å². The molecular weight excluding hydrogens is 246 g/mol. The summed E-state index contributed by atoms with van der Waals surface area (Å²) in [6, 6.07) is 0. The van der Waals surface area contributed by atoms with Gasteiger partial charge in [0.2, 0.25) is 0 Å². The van der Waals surface area contributed by atoms with E-state index in [0.717, 1.165) is 25.2 Å². The van der Waals surface area contributed by atoms with Crippen molar-refractivity contribution in [3.8, 4) is 0 Å². The van der Waals surface area contributed by atoms with E-state index < -0.39 is 0 Å². The molecule has 0 amide bonds. The van der Waals surface area contributed by atoms with Gasteiger partial charge in [0.25, 0.3) is 0 Å². The van der Waals surface area contributed by atoms with Gasteiger partial charge in [-0.1, -0.05) is 26.7 Å². The number of nitrogens with zero attached hydrogens (tertiary/aromatic N) is 3. The third-order valence-electron chi connectivity index (χ3n) is 3.67. The predicted molar refractivity (Wildman–Crippen MR) is 74.8 cm³/mol. The standard InChI is InChI=1S/C14H24ClN3/c1-11(2)9-18-14(16-10-17-18)8-12-5-3-4-6-13(15)7-12/h10-13H,3-9H2,1-2H3. The quantitative estimate of drug-likeness (QED) is 0.617. The van der Waals surface area contributed by atoms with Crippen LogP contribution >= 0.6 is 11.6 Å². The van der Waals surface area contributed by atoms with Crippen molar-refractivity contribution in [2.24, 2.45) is 11.8 Å². The zero-order chi connectivity index (χ0) is 13.0. The molecule has 1 aliphatic rings. The first kappa shape index (κ1) is 13.9. The predicted octanol–water partition coefficient (Wildman–Crippen LogP) is 3.66. The van der Waals surface area contributed by atoms with Gasteiger partial charge >= 0.3 is 0 Å². The van der Waals surface area contributed by atoms with Gasteiger partial charge in [0.15, 0.2) is 0 Å². The van der Waals surface area contributed by atoms with Crippen molar-refractivity contribution in [3.05, 3.63) is 12.2 Å². The molecule has 1 saturated carbocycles. The average molecular weight is 270 g/mol. The lowest BCUT2D eigenvalue weighted by Crippen LogP contribution is -2.15. The van der Waals surface area contributed by atoms with E-state index >= 15 is 0 Å². The van der Waals surface area contributed by atoms with Gasteiger partial charge in [0.1, 0.15) is 12.2 Å². The Morgan fingerprint density at radius 2 is 2.17 bits per heavy atom. The summed E-state index contributed by atoms with van der Waals surface area (Å²) in [5.41, 5.74) is 0. The number of rotatable bonds is 4. The molecule has 4 heteroatoms. The van der Waals surface area contributed by atoms with Crippen LogP contribution in [-0.4, -0.2) is 20.1 Å². The lowest BCUT2D eigenvalue weighted by molar-refractivity contribution is 0.413. The van der Waals surface area contributed by atoms with Gasteiger partial charge in [0.05, 0.1) is 0 Å². The SMILES string of the molecule is CC(C)Cn1ncnc1CC1CCCCC(Cl)C1. The molecule has 1 aromatic rings. The molecule has 3 nitrogen and oxygen atoms in total. The van der Waals surface area contributed by atoms with E-state index in [4.69, 9.17) is 11.6 Å². The van der Waals surface area contributed by atoms with Crippen LogP contribution < -0.4 is 0 Å². The molecule has 0 saturated heterocycles. The van der Waals surface area contributed by atoms with Gasteiger partial charge in [-0.05, 0) is 31.1 Å². The second kappa shape index (κ2) is 6.55. The van der Waals surface area contributed by atoms with Crippen LogP contribution in [-0.2, 0) is 13.0 Å². The summed E-state index contributed by atoms with van der Waals surface area (Å²) in [6.45, 7) is 5.39. The molecule has 0 bridgehead atoms. The molecule has 2 unspecified atom stereocenters. The van der Waals surface area contributed by atoms with E-state index in [9.17, 15) is 0 Å². The lowest BCUT2D eigenvalue weighted by atomic mass is 9.96. The molecule has 1 aromatic heterocycles. The minimum Gasteiger partial charge on any atom is -0.250 e. The van der Waals surface area contributed by atoms with Gasteiger partial charge in [0, 0.05) is 18.3 Å². The topological polar surface area (TPSA) is 30.7 Å². The van der Waals surface area contributed by atoms with Gasteiger partial charge < -0.3 is 0 Å². The highest BCUT2D eigenvalue weighted by atomic mass is 35.5. The first-order chi connectivity index (χ1) is 8.65. The second-order valence-corrected chi connectivity index (χ2v) is 6.56. The fraction of sp³-hybridized carbons (Fsp3) is 0.857. The van der Waals surface area contributed by atoms with Crippen molar-refractivity contribution < 1.29 is 0 Å². The maximum atomic E-state index is 6.34. The summed E-state index contributed by atoms with van der Waals surface area (Å²) in [7, 11) is 0. The first-order valence-electron chi connectivity index (χ1n) is 7.16. The van der Waals surface area contributed by atoms with Crippen molar-refractivity contribution in [1.82, 2.24) is 14.8 Å². The summed E-state index contributed by atoms with van der Waals surface area (Å²) in [4.78, 5) is 4.43. The van der Waals surface area contributed by atoms with Crippen LogP contribution in [0.25, 0.3) is 0 Å². The fourth-order valence-electron chi connectivity index (χ4n) is 2.78. The van der Waals surface area contributed by atoms with Crippen LogP contribution in [0.3, 0.4) is 0 Å². The Balaban J connectivity index is 1.97. The summed E-state index contributed by atoms with van der Waals surface area (Å²) in [5.74, 6) is 2.44. The highest BCUT2D eigenvalue weighted by Gasteiger charge is 2.20. The number of halogens is 1. The minimum absolute atomic E-state index is 0.360. The van der Waals surface area contributed by atoms with Crippen LogP contribution in [0.15, 0.2) is 6.33 Å². The molecule has 0 aromatic carbocycles. The molecular formula is C14H24ClN3. The van der Waals surface area contributed by atoms with E-state index in [1.165, 1.54) is 25.7 Å². The monoisotopic (exact) mass is 269 g/mol. The van der Waals surface area contributed by atoms with Gasteiger partial charge in [-0.25, -0.2) is 9.67 Å². The first-order valence-corrected chi connectivity index (χ1v) is 7.59. The Kier molecular flexibility index (Phi) is 5.04. The Bertz CT molecular complexity index is 362. The highest BCUT2D eigenvalue weighted by molar-refractivity contribution is 6.20. The number of hydrogen-bond acceptors (Lipinski definition) is 2. The zero-order valence-electron chi connectivity index (χ0n) is 11.5. The molecule has 0 aliphatic heterocycles. The van der Waals surface area contributed by atoms with E-state index in [-0.39, 0.29) is 0 Å². The molecule has 18 heavy (non-hydrogen) atoms. The minimum atomic E-state index is 0.360. The van der Waals surface area contributed by atoms with Crippen LogP contribution in [0.5, 0.6) is 0 Å². The van der Waals surface area contributed by atoms with E-state index in [1.54, 1.807) is 6.33 Å². The van der Waals surface area contributed by atoms with Gasteiger partial charge in [-0.15, -0.1) is 11.6 Å². The van der Waals surface area contributed by atoms with Crippen molar-refractivity contribution in [1.29, 1.82) is 0 Å². The summed E-state index contributed by atoms with van der Waals surface area (Å²) >= 11 is 6.34. The summed E-state index contributed by atoms with van der Waals surface area (Å²) < 4.78 is 2.07. The van der Waals surface area contributed by atoms with Crippen LogP contribution in [0.2, 0.25) is 0 Å². The van der Waals surface area contributed by atoms with Crippen LogP contribution in [0.1, 0.15) is 51.8 Å². The molecule has 2 atom stereocenters. The molecule has 0 radical (unpaired) electrons. The maximum Gasteiger partial charge on any atom is 0.138 e. The molecule has 0 N–H and O–H groups in total. The van der Waals surface area contributed by atoms with Crippen molar-refractivity contribution in [2.45, 2.75) is 64.3 Å². The van der Waals surface area contributed by atoms with Crippen LogP contribution in [0, 0.1) is 11.8 Å². The normalized spacial score (nSPS) is 25.3. The number of hydrogen-bond donors (Lipinski definition) is 0. The molecule has 1 fully saturated rings. The van der Waals surface area contributed by atoms with Crippen molar-refractivity contribution in [2.75, 3.05) is 0 Å². The Hall–Kier alpha value is -0.570. The lowest BCUT2D eigenvalue weighted by Gasteiger charge is -2.16. The molecule has 102 valence electrons. The third-order valence-corrected chi connectivity index (χ3v) is 4.07. The zero-order valence-corrected chi connectivity index (χ0v) is 12.2. The van der Waals surface area contributed by atoms with E-state index in [0.29, 0.717) is 17.2 Å².